The fraction of sp³-hybridized carbons (Fsp3) is 0.357. The lowest BCUT2D eigenvalue weighted by molar-refractivity contribution is -0.142. The number of carbonyl (C=O) groups excluding carboxylic acids is 2. The summed E-state index contributed by atoms with van der Waals surface area (Å²) in [5, 5.41) is 19.8. The van der Waals surface area contributed by atoms with Gasteiger partial charge in [0.05, 0.1) is 0 Å². The van der Waals surface area contributed by atoms with Gasteiger partial charge in [-0.3, -0.25) is 19.3 Å². The second-order valence-corrected chi connectivity index (χ2v) is 4.98. The number of hydrogen-bond donors (Lipinski definition) is 3. The Morgan fingerprint density at radius 3 is 2.79 bits per heavy atom. The summed E-state index contributed by atoms with van der Waals surface area (Å²) < 4.78 is 5.19. The summed E-state index contributed by atoms with van der Waals surface area (Å²) in [6.07, 6.45) is 0.763. The van der Waals surface area contributed by atoms with Crippen LogP contribution < -0.4 is 15.0 Å². The molecule has 0 saturated heterocycles. The van der Waals surface area contributed by atoms with Crippen LogP contribution in [0.4, 0.5) is 5.82 Å². The number of nitrogens with one attached hydrogen (secondary N) is 1. The van der Waals surface area contributed by atoms with Crippen LogP contribution in [0.2, 0.25) is 0 Å². The van der Waals surface area contributed by atoms with E-state index < -0.39 is 42.8 Å². The van der Waals surface area contributed by atoms with E-state index in [1.807, 2.05) is 0 Å². The number of ether oxygens (including phenoxy) is 1. The number of carboxylic acids is 2. The number of aromatic nitrogens is 1. The highest BCUT2D eigenvalue weighted by Crippen LogP contribution is 2.28. The number of carboxylic acid groups (broad SMARTS) is 2. The first kappa shape index (κ1) is 17.2. The lowest BCUT2D eigenvalue weighted by Gasteiger charge is -2.27. The number of nitrogens with zero attached hydrogens (tertiary/aromatic N) is 2. The lowest BCUT2D eigenvalue weighted by atomic mass is 10.1. The normalized spacial score (nSPS) is 14.3. The van der Waals surface area contributed by atoms with Gasteiger partial charge >= 0.3 is 11.9 Å². The third-order valence-corrected chi connectivity index (χ3v) is 3.24. The third kappa shape index (κ3) is 4.18. The van der Waals surface area contributed by atoms with Gasteiger partial charge in [0.25, 0.3) is 5.91 Å². The highest BCUT2D eigenvalue weighted by Gasteiger charge is 2.29. The van der Waals surface area contributed by atoms with Gasteiger partial charge in [-0.25, -0.2) is 9.78 Å². The van der Waals surface area contributed by atoms with Crippen molar-refractivity contribution in [3.8, 4) is 5.75 Å². The lowest BCUT2D eigenvalue weighted by Crippen LogP contribution is -2.49. The Balaban J connectivity index is 2.04. The van der Waals surface area contributed by atoms with E-state index in [-0.39, 0.29) is 18.8 Å². The van der Waals surface area contributed by atoms with Crippen molar-refractivity contribution in [3.63, 3.8) is 0 Å². The molecular formula is C14H15N3O7. The molecule has 2 rings (SSSR count). The van der Waals surface area contributed by atoms with Crippen molar-refractivity contribution in [1.29, 1.82) is 0 Å². The van der Waals surface area contributed by atoms with Crippen LogP contribution in [-0.2, 0) is 19.2 Å². The number of fused-ring (bicyclic) bond motifs is 1. The highest BCUT2D eigenvalue weighted by molar-refractivity contribution is 6.01. The smallest absolute Gasteiger partial charge is 0.326 e. The van der Waals surface area contributed by atoms with Crippen LogP contribution in [0.25, 0.3) is 0 Å². The zero-order valence-corrected chi connectivity index (χ0v) is 12.5. The highest BCUT2D eigenvalue weighted by atomic mass is 16.5. The topological polar surface area (TPSA) is 146 Å². The number of anilines is 1. The molecule has 3 N–H and O–H groups in total. The van der Waals surface area contributed by atoms with Crippen LogP contribution in [0.3, 0.4) is 0 Å². The minimum atomic E-state index is -1.35. The average molecular weight is 337 g/mol. The number of rotatable bonds is 7. The Bertz CT molecular complexity index is 676. The van der Waals surface area contributed by atoms with Gasteiger partial charge in [-0.15, -0.1) is 0 Å². The van der Waals surface area contributed by atoms with E-state index in [9.17, 15) is 19.2 Å². The first-order chi connectivity index (χ1) is 11.4. The Kier molecular flexibility index (Phi) is 5.30. The summed E-state index contributed by atoms with van der Waals surface area (Å²) in [5.74, 6) is -3.24. The Labute approximate surface area is 136 Å². The molecule has 2 heterocycles. The second kappa shape index (κ2) is 7.40. The van der Waals surface area contributed by atoms with E-state index in [4.69, 9.17) is 14.9 Å². The maximum Gasteiger partial charge on any atom is 0.326 e. The molecule has 0 fully saturated rings. The summed E-state index contributed by atoms with van der Waals surface area (Å²) >= 11 is 0. The van der Waals surface area contributed by atoms with E-state index in [1.165, 1.54) is 6.20 Å². The van der Waals surface area contributed by atoms with Crippen LogP contribution in [0.15, 0.2) is 18.3 Å². The van der Waals surface area contributed by atoms with Crippen LogP contribution in [0.5, 0.6) is 5.75 Å². The number of carbonyl (C=O) groups is 4. The molecule has 0 radical (unpaired) electrons. The Morgan fingerprint density at radius 1 is 1.38 bits per heavy atom. The Morgan fingerprint density at radius 2 is 2.12 bits per heavy atom. The minimum absolute atomic E-state index is 0.168. The fourth-order valence-corrected chi connectivity index (χ4v) is 2.10. The summed E-state index contributed by atoms with van der Waals surface area (Å²) in [6.45, 7) is -0.698. The van der Waals surface area contributed by atoms with E-state index in [2.05, 4.69) is 10.3 Å². The SMILES string of the molecule is O=C(O)CCC(NC(=O)CN1C(=O)COc2cccnc21)C(=O)O. The van der Waals surface area contributed by atoms with Crippen LogP contribution in [0.1, 0.15) is 12.8 Å². The predicted octanol–water partition coefficient (Wildman–Crippen LogP) is -0.759. The summed E-state index contributed by atoms with van der Waals surface area (Å²) in [5.41, 5.74) is 0. The first-order valence-corrected chi connectivity index (χ1v) is 7.00. The largest absolute Gasteiger partial charge is 0.481 e. The number of hydrogen-bond acceptors (Lipinski definition) is 6. The van der Waals surface area contributed by atoms with Crippen molar-refractivity contribution in [3.05, 3.63) is 18.3 Å². The summed E-state index contributed by atoms with van der Waals surface area (Å²) in [7, 11) is 0. The van der Waals surface area contributed by atoms with Crippen molar-refractivity contribution in [2.24, 2.45) is 0 Å². The molecule has 1 unspecified atom stereocenters. The molecule has 1 aliphatic rings. The molecule has 1 aliphatic heterocycles. The quantitative estimate of drug-likeness (QED) is 0.588. The predicted molar refractivity (Wildman–Crippen MR) is 78.5 cm³/mol. The zero-order valence-electron chi connectivity index (χ0n) is 12.5. The monoisotopic (exact) mass is 337 g/mol. The van der Waals surface area contributed by atoms with Crippen molar-refractivity contribution in [1.82, 2.24) is 10.3 Å². The van der Waals surface area contributed by atoms with E-state index in [0.29, 0.717) is 5.75 Å². The molecule has 0 aromatic carbocycles. The van der Waals surface area contributed by atoms with Crippen molar-refractivity contribution >= 4 is 29.6 Å². The molecule has 0 aliphatic carbocycles. The second-order valence-electron chi connectivity index (χ2n) is 4.98. The molecule has 10 heteroatoms. The number of amides is 2. The van der Waals surface area contributed by atoms with Crippen molar-refractivity contribution < 1.29 is 34.1 Å². The van der Waals surface area contributed by atoms with E-state index in [1.54, 1.807) is 12.1 Å². The van der Waals surface area contributed by atoms with Gasteiger partial charge in [0.15, 0.2) is 18.2 Å². The minimum Gasteiger partial charge on any atom is -0.481 e. The summed E-state index contributed by atoms with van der Waals surface area (Å²) in [4.78, 5) is 50.6. The van der Waals surface area contributed by atoms with Crippen molar-refractivity contribution in [2.75, 3.05) is 18.1 Å². The molecule has 2 amide bonds. The molecule has 24 heavy (non-hydrogen) atoms. The third-order valence-electron chi connectivity index (χ3n) is 3.24. The molecule has 10 nitrogen and oxygen atoms in total. The molecule has 128 valence electrons. The number of pyridine rings is 1. The van der Waals surface area contributed by atoms with Gasteiger partial charge in [-0.2, -0.15) is 0 Å². The van der Waals surface area contributed by atoms with Gasteiger partial charge in [0.1, 0.15) is 12.6 Å². The van der Waals surface area contributed by atoms with Crippen LogP contribution in [-0.4, -0.2) is 58.1 Å². The molecule has 0 bridgehead atoms. The van der Waals surface area contributed by atoms with Gasteiger partial charge in [0.2, 0.25) is 5.91 Å². The molecule has 0 saturated carbocycles. The molecular weight excluding hydrogens is 322 g/mol. The standard InChI is InChI=1S/C14H15N3O7/c18-10(16-8(14(22)23)3-4-12(20)21)6-17-11(19)7-24-9-2-1-5-15-13(9)17/h1-2,5,8H,3-4,6-7H2,(H,16,18)(H,20,21)(H,22,23). The van der Waals surface area contributed by atoms with Crippen molar-refractivity contribution in [2.45, 2.75) is 18.9 Å². The Hall–Kier alpha value is -3.17. The molecule has 1 aromatic rings. The fourth-order valence-electron chi connectivity index (χ4n) is 2.10. The first-order valence-electron chi connectivity index (χ1n) is 7.00. The van der Waals surface area contributed by atoms with Gasteiger partial charge in [0, 0.05) is 12.6 Å². The molecule has 0 spiro atoms. The average Bonchev–Trinajstić information content (AvgIpc) is 2.53. The van der Waals surface area contributed by atoms with Gasteiger partial charge in [-0.1, -0.05) is 0 Å². The van der Waals surface area contributed by atoms with Crippen LogP contribution in [0, 0.1) is 0 Å². The maximum absolute atomic E-state index is 12.0. The number of aliphatic carboxylic acids is 2. The maximum atomic E-state index is 12.0. The van der Waals surface area contributed by atoms with E-state index >= 15 is 0 Å². The van der Waals surface area contributed by atoms with Gasteiger partial charge in [-0.05, 0) is 18.6 Å². The zero-order chi connectivity index (χ0) is 17.7. The molecule has 1 atom stereocenters. The molecule has 1 aromatic heterocycles. The van der Waals surface area contributed by atoms with E-state index in [0.717, 1.165) is 4.90 Å². The van der Waals surface area contributed by atoms with Gasteiger partial charge < -0.3 is 20.3 Å². The van der Waals surface area contributed by atoms with Crippen LogP contribution >= 0.6 is 0 Å². The summed E-state index contributed by atoms with van der Waals surface area (Å²) in [6, 6.07) is 1.85.